The molecule has 2 aromatic heterocycles. The monoisotopic (exact) mass is 409 g/mol. The number of anilines is 1. The maximum atomic E-state index is 11.5. The van der Waals surface area contributed by atoms with E-state index in [2.05, 4.69) is 15.3 Å². The molecule has 0 fully saturated rings. The summed E-state index contributed by atoms with van der Waals surface area (Å²) in [6.45, 7) is 0.330. The molecule has 0 amide bonds. The molecule has 4 N–H and O–H groups in total. The highest BCUT2D eigenvalue weighted by Gasteiger charge is 2.17. The van der Waals surface area contributed by atoms with E-state index in [1.807, 2.05) is 41.1 Å². The highest BCUT2D eigenvalue weighted by molar-refractivity contribution is 7.89. The molecule has 0 aliphatic heterocycles. The van der Waals surface area contributed by atoms with E-state index in [0.717, 1.165) is 22.2 Å². The molecule has 0 radical (unpaired) electrons. The lowest BCUT2D eigenvalue weighted by Gasteiger charge is -2.08. The van der Waals surface area contributed by atoms with E-state index in [0.29, 0.717) is 18.0 Å². The summed E-state index contributed by atoms with van der Waals surface area (Å²) in [7, 11) is -3.77. The lowest BCUT2D eigenvalue weighted by Crippen LogP contribution is -2.12. The maximum Gasteiger partial charge on any atom is 0.238 e. The predicted molar refractivity (Wildman–Crippen MR) is 111 cm³/mol. The number of primary sulfonamides is 1. The van der Waals surface area contributed by atoms with Crippen molar-refractivity contribution in [3.63, 3.8) is 0 Å². The molecule has 0 unspecified atom stereocenters. The van der Waals surface area contributed by atoms with Crippen molar-refractivity contribution in [1.29, 1.82) is 0 Å². The first kappa shape index (κ1) is 19.1. The third-order valence-electron chi connectivity index (χ3n) is 4.52. The predicted octanol–water partition coefficient (Wildman–Crippen LogP) is 2.14. The number of hydrogen-bond donors (Lipinski definition) is 3. The minimum Gasteiger partial charge on any atom is -0.395 e. The smallest absolute Gasteiger partial charge is 0.238 e. The zero-order chi connectivity index (χ0) is 20.4. The molecular formula is C20H19N5O3S. The summed E-state index contributed by atoms with van der Waals surface area (Å²) in [4.78, 5) is 8.83. The fourth-order valence-corrected chi connectivity index (χ4v) is 3.72. The van der Waals surface area contributed by atoms with Gasteiger partial charge in [-0.25, -0.2) is 23.5 Å². The average molecular weight is 409 g/mol. The number of aliphatic hydroxyl groups excluding tert-OH is 1. The van der Waals surface area contributed by atoms with Crippen molar-refractivity contribution < 1.29 is 13.5 Å². The first-order valence-corrected chi connectivity index (χ1v) is 10.4. The quantitative estimate of drug-likeness (QED) is 0.448. The van der Waals surface area contributed by atoms with E-state index in [9.17, 15) is 13.5 Å². The van der Waals surface area contributed by atoms with Gasteiger partial charge in [0.2, 0.25) is 10.0 Å². The fraction of sp³-hybridized carbons (Fsp3) is 0.100. The molecule has 0 bridgehead atoms. The van der Waals surface area contributed by atoms with E-state index in [4.69, 9.17) is 5.14 Å². The first-order chi connectivity index (χ1) is 14.0. The number of nitrogens with zero attached hydrogens (tertiary/aromatic N) is 3. The molecule has 9 heteroatoms. The highest BCUT2D eigenvalue weighted by atomic mass is 32.2. The highest BCUT2D eigenvalue weighted by Crippen LogP contribution is 2.35. The van der Waals surface area contributed by atoms with Gasteiger partial charge in [0.25, 0.3) is 0 Å². The number of rotatable bonds is 6. The molecule has 8 nitrogen and oxygen atoms in total. The van der Waals surface area contributed by atoms with Crippen LogP contribution in [0.25, 0.3) is 27.8 Å². The molecule has 29 heavy (non-hydrogen) atoms. The Morgan fingerprint density at radius 1 is 1.03 bits per heavy atom. The number of aliphatic hydroxyl groups is 1. The van der Waals surface area contributed by atoms with E-state index in [1.165, 1.54) is 18.5 Å². The minimum absolute atomic E-state index is 0.0259. The Balaban J connectivity index is 1.93. The number of nitrogens with two attached hydrogens (primary N) is 1. The van der Waals surface area contributed by atoms with Crippen LogP contribution >= 0.6 is 0 Å². The zero-order valence-electron chi connectivity index (χ0n) is 15.4. The van der Waals surface area contributed by atoms with Crippen LogP contribution in [0.5, 0.6) is 0 Å². The Morgan fingerprint density at radius 2 is 1.76 bits per heavy atom. The first-order valence-electron chi connectivity index (χ1n) is 8.88. The molecule has 148 valence electrons. The molecule has 0 spiro atoms. The lowest BCUT2D eigenvalue weighted by molar-refractivity contribution is 0.311. The molecule has 4 rings (SSSR count). The summed E-state index contributed by atoms with van der Waals surface area (Å²) in [5, 5.41) is 18.3. The van der Waals surface area contributed by atoms with Gasteiger partial charge in [-0.15, -0.1) is 0 Å². The van der Waals surface area contributed by atoms with Crippen molar-refractivity contribution in [2.45, 2.75) is 4.90 Å². The topological polar surface area (TPSA) is 123 Å². The van der Waals surface area contributed by atoms with Crippen LogP contribution < -0.4 is 10.5 Å². The largest absolute Gasteiger partial charge is 0.395 e. The third-order valence-corrected chi connectivity index (χ3v) is 5.44. The number of fused-ring (bicyclic) bond motifs is 1. The second-order valence-electron chi connectivity index (χ2n) is 6.39. The van der Waals surface area contributed by atoms with Crippen molar-refractivity contribution in [1.82, 2.24) is 14.5 Å². The Kier molecular flexibility index (Phi) is 5.01. The molecule has 0 saturated heterocycles. The van der Waals surface area contributed by atoms with Crippen LogP contribution in [-0.4, -0.2) is 41.2 Å². The van der Waals surface area contributed by atoms with Gasteiger partial charge >= 0.3 is 0 Å². The van der Waals surface area contributed by atoms with Crippen molar-refractivity contribution in [2.24, 2.45) is 5.14 Å². The summed E-state index contributed by atoms with van der Waals surface area (Å²) in [6, 6.07) is 16.1. The molecule has 0 aliphatic rings. The summed E-state index contributed by atoms with van der Waals surface area (Å²) >= 11 is 0. The number of aromatic nitrogens is 3. The van der Waals surface area contributed by atoms with E-state index < -0.39 is 10.0 Å². The Morgan fingerprint density at radius 3 is 2.41 bits per heavy atom. The number of benzene rings is 2. The normalized spacial score (nSPS) is 11.7. The number of hydrogen-bond acceptors (Lipinski definition) is 6. The third kappa shape index (κ3) is 3.70. The van der Waals surface area contributed by atoms with Gasteiger partial charge in [-0.05, 0) is 29.8 Å². The summed E-state index contributed by atoms with van der Waals surface area (Å²) < 4.78 is 25.0. The summed E-state index contributed by atoms with van der Waals surface area (Å²) in [5.41, 5.74) is 3.29. The van der Waals surface area contributed by atoms with Gasteiger partial charge in [0, 0.05) is 24.0 Å². The van der Waals surface area contributed by atoms with Crippen LogP contribution in [0, 0.1) is 0 Å². The standard InChI is InChI=1S/C20H19N5O3S/c21-29(27,28)16-8-6-15(7-9-16)25-12-17(14-4-2-1-3-5-14)18-19(22-10-11-26)23-13-24-20(18)25/h1-9,12-13,26H,10-11H2,(H2,21,27,28)(H,22,23,24). The molecule has 0 saturated carbocycles. The molecule has 2 heterocycles. The van der Waals surface area contributed by atoms with Crippen LogP contribution in [-0.2, 0) is 10.0 Å². The van der Waals surface area contributed by atoms with Crippen LogP contribution in [0.1, 0.15) is 0 Å². The van der Waals surface area contributed by atoms with E-state index >= 15 is 0 Å². The van der Waals surface area contributed by atoms with Crippen molar-refractivity contribution in [3.8, 4) is 16.8 Å². The van der Waals surface area contributed by atoms with Gasteiger partial charge in [0.15, 0.2) is 5.65 Å². The van der Waals surface area contributed by atoms with Crippen LogP contribution in [0.2, 0.25) is 0 Å². The Hall–Kier alpha value is -3.27. The van der Waals surface area contributed by atoms with Gasteiger partial charge in [0.05, 0.1) is 16.9 Å². The van der Waals surface area contributed by atoms with Gasteiger partial charge < -0.3 is 15.0 Å². The molecule has 4 aromatic rings. The van der Waals surface area contributed by atoms with Gasteiger partial charge in [-0.3, -0.25) is 0 Å². The molecule has 0 atom stereocenters. The lowest BCUT2D eigenvalue weighted by atomic mass is 10.1. The maximum absolute atomic E-state index is 11.5. The zero-order valence-corrected chi connectivity index (χ0v) is 16.2. The number of nitrogens with one attached hydrogen (secondary N) is 1. The SMILES string of the molecule is NS(=O)(=O)c1ccc(-n2cc(-c3ccccc3)c3c(NCCO)ncnc32)cc1. The van der Waals surface area contributed by atoms with Gasteiger partial charge in [-0.2, -0.15) is 0 Å². The number of sulfonamides is 1. The summed E-state index contributed by atoms with van der Waals surface area (Å²) in [6.07, 6.45) is 3.39. The van der Waals surface area contributed by atoms with Crippen molar-refractivity contribution in [2.75, 3.05) is 18.5 Å². The molecule has 0 aliphatic carbocycles. The second kappa shape index (κ2) is 7.63. The second-order valence-corrected chi connectivity index (χ2v) is 7.95. The van der Waals surface area contributed by atoms with Gasteiger partial charge in [-0.1, -0.05) is 30.3 Å². The van der Waals surface area contributed by atoms with Gasteiger partial charge in [0.1, 0.15) is 12.1 Å². The average Bonchev–Trinajstić information content (AvgIpc) is 3.13. The molecular weight excluding hydrogens is 390 g/mol. The Bertz CT molecular complexity index is 1250. The van der Waals surface area contributed by atoms with Crippen LogP contribution in [0.3, 0.4) is 0 Å². The van der Waals surface area contributed by atoms with Crippen molar-refractivity contribution in [3.05, 3.63) is 67.1 Å². The van der Waals surface area contributed by atoms with E-state index in [1.54, 1.807) is 12.1 Å². The van der Waals surface area contributed by atoms with E-state index in [-0.39, 0.29) is 11.5 Å². The Labute approximate surface area is 167 Å². The fourth-order valence-electron chi connectivity index (χ4n) is 3.20. The molecule has 2 aromatic carbocycles. The summed E-state index contributed by atoms with van der Waals surface area (Å²) in [5.74, 6) is 0.614. The van der Waals surface area contributed by atoms with Crippen molar-refractivity contribution >= 4 is 26.9 Å². The van der Waals surface area contributed by atoms with Crippen LogP contribution in [0.15, 0.2) is 72.0 Å². The minimum atomic E-state index is -3.77. The van der Waals surface area contributed by atoms with Crippen LogP contribution in [0.4, 0.5) is 5.82 Å².